The number of anilines is 1. The van der Waals surface area contributed by atoms with Crippen LogP contribution < -0.4 is 5.73 Å². The van der Waals surface area contributed by atoms with Gasteiger partial charge in [0.1, 0.15) is 30.2 Å². The first kappa shape index (κ1) is 31.7. The molecule has 0 aliphatic carbocycles. The van der Waals surface area contributed by atoms with Gasteiger partial charge in [-0.3, -0.25) is 4.57 Å². The van der Waals surface area contributed by atoms with Crippen molar-refractivity contribution in [3.05, 3.63) is 12.7 Å². The van der Waals surface area contributed by atoms with Crippen LogP contribution in [0.2, 0.25) is 0 Å². The number of nitrogens with two attached hydrogens (primary N) is 1. The second-order valence-electron chi connectivity index (χ2n) is 10.9. The summed E-state index contributed by atoms with van der Waals surface area (Å²) in [7, 11) is 1.71. The molecule has 2 aromatic rings. The fourth-order valence-corrected chi connectivity index (χ4v) is 5.44. The van der Waals surface area contributed by atoms with Gasteiger partial charge in [-0.25, -0.2) is 15.0 Å². The van der Waals surface area contributed by atoms with Crippen molar-refractivity contribution in [2.45, 2.75) is 135 Å². The van der Waals surface area contributed by atoms with Crippen LogP contribution in [-0.4, -0.2) is 64.8 Å². The molecule has 0 saturated carbocycles. The number of nitrogens with zero attached hydrogens (tertiary/aromatic N) is 4. The second-order valence-corrected chi connectivity index (χ2v) is 10.9. The minimum Gasteiger partial charge on any atom is -0.382 e. The fraction of sp³-hybridized carbons (Fsp3) is 0.833. The summed E-state index contributed by atoms with van der Waals surface area (Å²) < 4.78 is 26.5. The number of rotatable bonds is 22. The van der Waals surface area contributed by atoms with Gasteiger partial charge in [0.25, 0.3) is 0 Å². The fourth-order valence-electron chi connectivity index (χ4n) is 5.44. The van der Waals surface area contributed by atoms with E-state index in [1.165, 1.54) is 89.8 Å². The third kappa shape index (κ3) is 9.95. The van der Waals surface area contributed by atoms with E-state index in [0.29, 0.717) is 36.8 Å². The van der Waals surface area contributed by atoms with E-state index in [1.54, 1.807) is 13.4 Å². The summed E-state index contributed by atoms with van der Waals surface area (Å²) in [5, 5.41) is 0. The lowest BCUT2D eigenvalue weighted by Crippen LogP contribution is -2.38. The third-order valence-corrected chi connectivity index (χ3v) is 7.66. The van der Waals surface area contributed by atoms with Crippen LogP contribution in [0.5, 0.6) is 0 Å². The van der Waals surface area contributed by atoms with E-state index in [-0.39, 0.29) is 18.3 Å². The average molecular weight is 548 g/mol. The van der Waals surface area contributed by atoms with Gasteiger partial charge in [0.15, 0.2) is 17.7 Å². The Balaban J connectivity index is 1.41. The van der Waals surface area contributed by atoms with Gasteiger partial charge < -0.3 is 24.7 Å². The lowest BCUT2D eigenvalue weighted by Gasteiger charge is -2.24. The summed E-state index contributed by atoms with van der Waals surface area (Å²) in [6, 6.07) is 0. The lowest BCUT2D eigenvalue weighted by atomic mass is 10.0. The molecule has 0 aromatic carbocycles. The Labute approximate surface area is 235 Å². The summed E-state index contributed by atoms with van der Waals surface area (Å²) in [4.78, 5) is 12.9. The van der Waals surface area contributed by atoms with Crippen LogP contribution in [0.3, 0.4) is 0 Å². The standard InChI is InChI=1S/C30H53N5O4/c1-4-6-7-8-9-10-11-12-13-14-15-16-17-18-20-38-27-26(36-3)24(21-37-19-5-2)39-30(27)35-23-34-25-28(31)32-22-33-29(25)35/h22-24,26-27,30H,4-21H2,1-3H3,(H2,31,32,33)/t24-,26-,27-,30-/m1/s1. The molecule has 0 radical (unpaired) electrons. The van der Waals surface area contributed by atoms with Crippen LogP contribution >= 0.6 is 0 Å². The third-order valence-electron chi connectivity index (χ3n) is 7.66. The summed E-state index contributed by atoms with van der Waals surface area (Å²) in [6.45, 7) is 6.17. The molecule has 1 aliphatic heterocycles. The predicted octanol–water partition coefficient (Wildman–Crippen LogP) is 6.61. The molecule has 0 unspecified atom stereocenters. The number of ether oxygens (including phenoxy) is 4. The quantitative estimate of drug-likeness (QED) is 0.164. The Kier molecular flexibility index (Phi) is 15.1. The van der Waals surface area contributed by atoms with Crippen LogP contribution in [0.25, 0.3) is 11.2 Å². The van der Waals surface area contributed by atoms with Crippen molar-refractivity contribution < 1.29 is 18.9 Å². The summed E-state index contributed by atoms with van der Waals surface area (Å²) in [5.41, 5.74) is 7.21. The number of fused-ring (bicyclic) bond motifs is 1. The van der Waals surface area contributed by atoms with E-state index in [4.69, 9.17) is 24.7 Å². The molecule has 3 heterocycles. The van der Waals surface area contributed by atoms with Crippen LogP contribution in [0.4, 0.5) is 5.82 Å². The molecule has 1 aliphatic rings. The normalized spacial score (nSPS) is 21.3. The highest BCUT2D eigenvalue weighted by Crippen LogP contribution is 2.35. The molecule has 0 amide bonds. The van der Waals surface area contributed by atoms with Crippen molar-refractivity contribution >= 4 is 17.0 Å². The average Bonchev–Trinajstić information content (AvgIpc) is 3.53. The van der Waals surface area contributed by atoms with E-state index >= 15 is 0 Å². The van der Waals surface area contributed by atoms with Crippen LogP contribution in [0, 0.1) is 0 Å². The van der Waals surface area contributed by atoms with Crippen molar-refractivity contribution in [3.63, 3.8) is 0 Å². The van der Waals surface area contributed by atoms with Gasteiger partial charge in [-0.1, -0.05) is 97.3 Å². The first-order chi connectivity index (χ1) is 19.2. The first-order valence-corrected chi connectivity index (χ1v) is 15.5. The number of hydrogen-bond donors (Lipinski definition) is 1. The van der Waals surface area contributed by atoms with Crippen LogP contribution in [-0.2, 0) is 18.9 Å². The molecule has 2 N–H and O–H groups in total. The van der Waals surface area contributed by atoms with Gasteiger partial charge in [0, 0.05) is 20.3 Å². The molecule has 1 fully saturated rings. The van der Waals surface area contributed by atoms with E-state index in [9.17, 15) is 0 Å². The summed E-state index contributed by atoms with van der Waals surface area (Å²) >= 11 is 0. The number of nitrogen functional groups attached to an aromatic ring is 1. The number of aromatic nitrogens is 4. The summed E-state index contributed by atoms with van der Waals surface area (Å²) in [5.74, 6) is 0.350. The highest BCUT2D eigenvalue weighted by Gasteiger charge is 2.47. The second kappa shape index (κ2) is 18.5. The number of hydrogen-bond acceptors (Lipinski definition) is 8. The maximum absolute atomic E-state index is 6.44. The Hall–Kier alpha value is -1.81. The largest absolute Gasteiger partial charge is 0.382 e. The molecule has 1 saturated heterocycles. The van der Waals surface area contributed by atoms with Gasteiger partial charge in [0.2, 0.25) is 0 Å². The highest BCUT2D eigenvalue weighted by molar-refractivity contribution is 5.81. The Morgan fingerprint density at radius 1 is 0.795 bits per heavy atom. The van der Waals surface area contributed by atoms with Crippen molar-refractivity contribution in [1.29, 1.82) is 0 Å². The first-order valence-electron chi connectivity index (χ1n) is 15.5. The van der Waals surface area contributed by atoms with Crippen molar-refractivity contribution in [3.8, 4) is 0 Å². The Morgan fingerprint density at radius 3 is 2.05 bits per heavy atom. The van der Waals surface area contributed by atoms with E-state index < -0.39 is 6.23 Å². The van der Waals surface area contributed by atoms with Crippen molar-refractivity contribution in [2.24, 2.45) is 0 Å². The zero-order valence-corrected chi connectivity index (χ0v) is 24.7. The zero-order valence-electron chi connectivity index (χ0n) is 24.7. The molecule has 9 heteroatoms. The molecule has 0 spiro atoms. The molecule has 9 nitrogen and oxygen atoms in total. The number of imidazole rings is 1. The monoisotopic (exact) mass is 547 g/mol. The minimum atomic E-state index is -0.434. The Bertz CT molecular complexity index is 911. The maximum atomic E-state index is 6.44. The van der Waals surface area contributed by atoms with Crippen molar-refractivity contribution in [2.75, 3.05) is 32.7 Å². The van der Waals surface area contributed by atoms with Gasteiger partial charge in [-0.05, 0) is 12.8 Å². The van der Waals surface area contributed by atoms with Gasteiger partial charge in [0.05, 0.1) is 12.9 Å². The molecule has 0 bridgehead atoms. The number of methoxy groups -OCH3 is 1. The molecule has 4 atom stereocenters. The van der Waals surface area contributed by atoms with E-state index in [1.807, 2.05) is 4.57 Å². The minimum absolute atomic E-state index is 0.246. The predicted molar refractivity (Wildman–Crippen MR) is 156 cm³/mol. The van der Waals surface area contributed by atoms with Crippen LogP contribution in [0.15, 0.2) is 12.7 Å². The summed E-state index contributed by atoms with van der Waals surface area (Å²) in [6.07, 6.45) is 21.5. The van der Waals surface area contributed by atoms with Crippen LogP contribution in [0.1, 0.15) is 116 Å². The molecular formula is C30H53N5O4. The van der Waals surface area contributed by atoms with Crippen molar-refractivity contribution in [1.82, 2.24) is 19.5 Å². The van der Waals surface area contributed by atoms with E-state index in [2.05, 4.69) is 28.8 Å². The molecular weight excluding hydrogens is 494 g/mol. The SMILES string of the molecule is CCCCCCCCCCCCCCCCO[C@@H]1[C@H](OC)[C@@H](COCCC)O[C@H]1n1cnc2c(N)ncnc21. The zero-order chi connectivity index (χ0) is 27.7. The van der Waals surface area contributed by atoms with Gasteiger partial charge in [-0.2, -0.15) is 0 Å². The molecule has 39 heavy (non-hydrogen) atoms. The smallest absolute Gasteiger partial charge is 0.167 e. The molecule has 2 aromatic heterocycles. The van der Waals surface area contributed by atoms with E-state index in [0.717, 1.165) is 12.8 Å². The highest BCUT2D eigenvalue weighted by atomic mass is 16.6. The van der Waals surface area contributed by atoms with Gasteiger partial charge in [-0.15, -0.1) is 0 Å². The number of unbranched alkanes of at least 4 members (excludes halogenated alkanes) is 13. The Morgan fingerprint density at radius 2 is 1.44 bits per heavy atom. The topological polar surface area (TPSA) is 107 Å². The molecule has 3 rings (SSSR count). The lowest BCUT2D eigenvalue weighted by molar-refractivity contribution is -0.0761. The molecule has 222 valence electrons. The maximum Gasteiger partial charge on any atom is 0.167 e. The van der Waals surface area contributed by atoms with Gasteiger partial charge >= 0.3 is 0 Å².